The Labute approximate surface area is 217 Å². The summed E-state index contributed by atoms with van der Waals surface area (Å²) in [7, 11) is 0. The van der Waals surface area contributed by atoms with Crippen molar-refractivity contribution < 1.29 is 14.4 Å². The number of rotatable bonds is 3. The summed E-state index contributed by atoms with van der Waals surface area (Å²) >= 11 is 6.05. The summed E-state index contributed by atoms with van der Waals surface area (Å²) < 4.78 is 0. The van der Waals surface area contributed by atoms with Crippen LogP contribution in [0.25, 0.3) is 10.8 Å². The number of imide groups is 1. The molecule has 3 heterocycles. The van der Waals surface area contributed by atoms with Crippen LogP contribution in [0.4, 0.5) is 5.69 Å². The zero-order valence-electron chi connectivity index (χ0n) is 19.5. The molecule has 37 heavy (non-hydrogen) atoms. The van der Waals surface area contributed by atoms with Crippen LogP contribution in [0, 0.1) is 11.8 Å². The second kappa shape index (κ2) is 8.11. The number of carbonyl (C=O) groups is 3. The molecule has 7 rings (SSSR count). The number of halogens is 1. The van der Waals surface area contributed by atoms with Crippen molar-refractivity contribution in [2.75, 3.05) is 4.90 Å². The van der Waals surface area contributed by atoms with Crippen molar-refractivity contribution in [3.63, 3.8) is 0 Å². The van der Waals surface area contributed by atoms with E-state index < -0.39 is 23.9 Å². The average molecular weight is 506 g/mol. The number of hydrazone groups is 1. The van der Waals surface area contributed by atoms with Gasteiger partial charge in [0.2, 0.25) is 11.8 Å². The van der Waals surface area contributed by atoms with Gasteiger partial charge in [-0.15, -0.1) is 0 Å². The monoisotopic (exact) mass is 505 g/mol. The van der Waals surface area contributed by atoms with Gasteiger partial charge < -0.3 is 0 Å². The zero-order valence-corrected chi connectivity index (χ0v) is 20.2. The third kappa shape index (κ3) is 3.19. The summed E-state index contributed by atoms with van der Waals surface area (Å²) in [5.41, 5.74) is 2.71. The Morgan fingerprint density at radius 1 is 0.784 bits per heavy atom. The van der Waals surface area contributed by atoms with Crippen molar-refractivity contribution in [3.05, 3.63) is 113 Å². The van der Waals surface area contributed by atoms with E-state index in [0.717, 1.165) is 21.9 Å². The van der Waals surface area contributed by atoms with Crippen LogP contribution in [0.1, 0.15) is 27.5 Å². The normalized spacial score (nSPS) is 23.8. The molecule has 4 unspecified atom stereocenters. The van der Waals surface area contributed by atoms with E-state index in [1.807, 2.05) is 60.7 Å². The number of ketones is 1. The quantitative estimate of drug-likeness (QED) is 0.281. The minimum absolute atomic E-state index is 0.257. The van der Waals surface area contributed by atoms with Gasteiger partial charge in [-0.1, -0.05) is 66.2 Å². The molecular weight excluding hydrogens is 486 g/mol. The Morgan fingerprint density at radius 3 is 2.30 bits per heavy atom. The third-order valence-electron chi connectivity index (χ3n) is 7.68. The van der Waals surface area contributed by atoms with Gasteiger partial charge in [0.15, 0.2) is 5.78 Å². The van der Waals surface area contributed by atoms with E-state index >= 15 is 0 Å². The fraction of sp³-hybridized carbons (Fsp3) is 0.133. The highest BCUT2D eigenvalue weighted by Gasteiger charge is 2.65. The molecular formula is C30H20ClN3O3. The molecule has 2 amide bonds. The first-order valence-electron chi connectivity index (χ1n) is 12.1. The van der Waals surface area contributed by atoms with Crippen molar-refractivity contribution in [2.24, 2.45) is 16.9 Å². The molecule has 7 heteroatoms. The summed E-state index contributed by atoms with van der Waals surface area (Å²) in [6.07, 6.45) is 1.70. The van der Waals surface area contributed by atoms with Gasteiger partial charge in [0.05, 0.1) is 29.8 Å². The minimum atomic E-state index is -0.914. The van der Waals surface area contributed by atoms with Crippen LogP contribution in [-0.2, 0) is 9.59 Å². The number of Topliss-reactive ketones (excluding diaryl/α,β-unsaturated/α-hetero) is 1. The summed E-state index contributed by atoms with van der Waals surface area (Å²) in [5, 5.41) is 8.74. The first-order valence-corrected chi connectivity index (χ1v) is 12.5. The molecule has 0 bridgehead atoms. The molecule has 0 saturated carbocycles. The van der Waals surface area contributed by atoms with Crippen LogP contribution >= 0.6 is 11.6 Å². The van der Waals surface area contributed by atoms with Crippen LogP contribution < -0.4 is 4.90 Å². The maximum atomic E-state index is 14.0. The second-order valence-electron chi connectivity index (χ2n) is 9.61. The van der Waals surface area contributed by atoms with Crippen molar-refractivity contribution >= 4 is 51.9 Å². The molecule has 0 radical (unpaired) electrons. The predicted molar refractivity (Wildman–Crippen MR) is 142 cm³/mol. The molecule has 4 aromatic carbocycles. The molecule has 6 nitrogen and oxygen atoms in total. The predicted octanol–water partition coefficient (Wildman–Crippen LogP) is 5.25. The number of carbonyl (C=O) groups excluding carboxylic acids is 3. The van der Waals surface area contributed by atoms with Crippen molar-refractivity contribution in [1.82, 2.24) is 5.01 Å². The Hall–Kier alpha value is -4.29. The number of anilines is 1. The van der Waals surface area contributed by atoms with E-state index in [0.29, 0.717) is 16.3 Å². The molecule has 180 valence electrons. The molecule has 0 aromatic heterocycles. The van der Waals surface area contributed by atoms with Gasteiger partial charge in [-0.3, -0.25) is 19.4 Å². The summed E-state index contributed by atoms with van der Waals surface area (Å²) in [4.78, 5) is 43.3. The highest BCUT2D eigenvalue weighted by atomic mass is 35.5. The number of hydrogen-bond acceptors (Lipinski definition) is 5. The topological polar surface area (TPSA) is 70.0 Å². The lowest BCUT2D eigenvalue weighted by Crippen LogP contribution is -2.44. The van der Waals surface area contributed by atoms with E-state index in [9.17, 15) is 14.4 Å². The fourth-order valence-electron chi connectivity index (χ4n) is 6.02. The average Bonchev–Trinajstić information content (AvgIpc) is 3.40. The lowest BCUT2D eigenvalue weighted by molar-refractivity contribution is -0.124. The SMILES string of the molecule is O=C(c1ccc(Cl)cc1)C1C2C(=O)N(c3ccc4ccccc4c3)C(=O)C2C2c3ccccc3C=NN12. The first kappa shape index (κ1) is 21.9. The molecule has 2 saturated heterocycles. The van der Waals surface area contributed by atoms with Crippen molar-refractivity contribution in [3.8, 4) is 0 Å². The molecule has 4 aromatic rings. The maximum Gasteiger partial charge on any atom is 0.240 e. The Kier molecular flexibility index (Phi) is 4.81. The van der Waals surface area contributed by atoms with E-state index in [-0.39, 0.29) is 17.6 Å². The number of benzene rings is 4. The summed E-state index contributed by atoms with van der Waals surface area (Å²) in [6.45, 7) is 0. The summed E-state index contributed by atoms with van der Waals surface area (Å²) in [5.74, 6) is -2.54. The lowest BCUT2D eigenvalue weighted by Gasteiger charge is -2.33. The van der Waals surface area contributed by atoms with Crippen molar-refractivity contribution in [2.45, 2.75) is 12.1 Å². The van der Waals surface area contributed by atoms with Gasteiger partial charge in [-0.2, -0.15) is 5.10 Å². The molecule has 0 N–H and O–H groups in total. The zero-order chi connectivity index (χ0) is 25.3. The van der Waals surface area contributed by atoms with Crippen LogP contribution in [0.3, 0.4) is 0 Å². The molecule has 3 aliphatic rings. The van der Waals surface area contributed by atoms with Crippen LogP contribution in [0.15, 0.2) is 96.1 Å². The number of amides is 2. The Balaban J connectivity index is 1.37. The highest BCUT2D eigenvalue weighted by molar-refractivity contribution is 6.30. The van der Waals surface area contributed by atoms with Gasteiger partial charge in [-0.05, 0) is 58.3 Å². The first-order chi connectivity index (χ1) is 18.0. The third-order valence-corrected chi connectivity index (χ3v) is 7.93. The molecule has 3 aliphatic heterocycles. The number of fused-ring (bicyclic) bond motifs is 6. The number of nitrogens with zero attached hydrogens (tertiary/aromatic N) is 3. The van der Waals surface area contributed by atoms with E-state index in [2.05, 4.69) is 5.10 Å². The van der Waals surface area contributed by atoms with Gasteiger partial charge >= 0.3 is 0 Å². The standard InChI is InChI=1S/C30H20ClN3O3/c31-21-12-9-18(10-13-21)28(35)27-25-24(26-23-8-4-3-7-20(23)16-32-34(26)27)29(36)33(30(25)37)22-14-11-17-5-1-2-6-19(17)15-22/h1-16,24-27H. The van der Waals surface area contributed by atoms with Crippen LogP contribution in [0.2, 0.25) is 5.02 Å². The minimum Gasteiger partial charge on any atom is -0.292 e. The van der Waals surface area contributed by atoms with E-state index in [4.69, 9.17) is 11.6 Å². The van der Waals surface area contributed by atoms with Crippen LogP contribution in [-0.4, -0.2) is 34.9 Å². The van der Waals surface area contributed by atoms with Crippen LogP contribution in [0.5, 0.6) is 0 Å². The van der Waals surface area contributed by atoms with Gasteiger partial charge in [0.25, 0.3) is 0 Å². The van der Waals surface area contributed by atoms with Gasteiger partial charge in [0.1, 0.15) is 6.04 Å². The fourth-order valence-corrected chi connectivity index (χ4v) is 6.15. The van der Waals surface area contributed by atoms with E-state index in [1.54, 1.807) is 41.6 Å². The molecule has 0 spiro atoms. The van der Waals surface area contributed by atoms with Crippen molar-refractivity contribution in [1.29, 1.82) is 0 Å². The van der Waals surface area contributed by atoms with Gasteiger partial charge in [0, 0.05) is 10.6 Å². The Morgan fingerprint density at radius 2 is 1.49 bits per heavy atom. The lowest BCUT2D eigenvalue weighted by atomic mass is 9.83. The second-order valence-corrected chi connectivity index (χ2v) is 10.0. The largest absolute Gasteiger partial charge is 0.292 e. The smallest absolute Gasteiger partial charge is 0.240 e. The highest BCUT2D eigenvalue weighted by Crippen LogP contribution is 2.53. The van der Waals surface area contributed by atoms with Gasteiger partial charge in [-0.25, -0.2) is 4.90 Å². The number of hydrogen-bond donors (Lipinski definition) is 0. The Bertz CT molecular complexity index is 1650. The molecule has 4 atom stereocenters. The maximum absolute atomic E-state index is 14.0. The summed E-state index contributed by atoms with van der Waals surface area (Å²) in [6, 6.07) is 26.2. The molecule has 2 fully saturated rings. The van der Waals surface area contributed by atoms with E-state index in [1.165, 1.54) is 4.90 Å². The molecule has 0 aliphatic carbocycles.